The summed E-state index contributed by atoms with van der Waals surface area (Å²) in [6.07, 6.45) is 12.1. The maximum absolute atomic E-state index is 5.24. The van der Waals surface area contributed by atoms with Crippen molar-refractivity contribution >= 4 is 33.7 Å². The number of amidine groups is 2. The second kappa shape index (κ2) is 13.5. The van der Waals surface area contributed by atoms with Gasteiger partial charge in [0.05, 0.1) is 11.7 Å². The number of hydrogen-bond acceptors (Lipinski definition) is 5. The van der Waals surface area contributed by atoms with Crippen LogP contribution in [0.15, 0.2) is 198 Å². The smallest absolute Gasteiger partial charge is 0.159 e. The SMILES string of the molecule is C1=CC2=c3ccncc3=C(c3ccc(-c4cc(-c5ccc6ccccc6c5)cc(C5N=C(c6ccccc6)N=C(c6ccccc6)N5)c4)cc3)NC2C=C1. The molecule has 0 amide bonds. The second-order valence-corrected chi connectivity index (χ2v) is 13.8. The molecule has 10 rings (SSSR count). The van der Waals surface area contributed by atoms with Gasteiger partial charge in [0.15, 0.2) is 5.84 Å². The molecule has 0 radical (unpaired) electrons. The second-order valence-electron chi connectivity index (χ2n) is 13.8. The standard InChI is InChI=1S/C49H35N5/c1-3-12-35(13-4-1)47-52-48(36-14-5-2-6-15-36)54-49(53-47)41-29-39(28-40(30-41)38-24-21-32-11-7-8-16-37(32)27-38)33-19-22-34(23-20-33)46-44-31-50-26-25-42(44)43-17-9-10-18-45(43)51-46/h1-31,45,49,51H,(H,52,53,54). The van der Waals surface area contributed by atoms with Crippen molar-refractivity contribution in [3.63, 3.8) is 0 Å². The first-order valence-corrected chi connectivity index (χ1v) is 18.3. The Morgan fingerprint density at radius 3 is 2.02 bits per heavy atom. The lowest BCUT2D eigenvalue weighted by molar-refractivity contribution is 0.674. The van der Waals surface area contributed by atoms with E-state index < -0.39 is 0 Å². The molecule has 5 nitrogen and oxygen atoms in total. The zero-order chi connectivity index (χ0) is 35.8. The van der Waals surface area contributed by atoms with Gasteiger partial charge in [-0.3, -0.25) is 4.98 Å². The monoisotopic (exact) mass is 693 g/mol. The number of rotatable bonds is 6. The number of pyridine rings is 1. The molecule has 0 fully saturated rings. The van der Waals surface area contributed by atoms with Crippen LogP contribution in [0.1, 0.15) is 28.4 Å². The first kappa shape index (κ1) is 31.6. The molecule has 2 aliphatic heterocycles. The lowest BCUT2D eigenvalue weighted by atomic mass is 9.92. The number of aliphatic imine (C=N–C) groups is 2. The van der Waals surface area contributed by atoms with E-state index in [1.807, 2.05) is 48.8 Å². The maximum Gasteiger partial charge on any atom is 0.159 e. The van der Waals surface area contributed by atoms with Crippen LogP contribution >= 0.6 is 0 Å². The summed E-state index contributed by atoms with van der Waals surface area (Å²) in [7, 11) is 0. The van der Waals surface area contributed by atoms with Gasteiger partial charge in [-0.2, -0.15) is 0 Å². The molecule has 256 valence electrons. The third-order valence-electron chi connectivity index (χ3n) is 10.4. The Hall–Kier alpha value is -7.11. The van der Waals surface area contributed by atoms with E-state index in [-0.39, 0.29) is 12.2 Å². The lowest BCUT2D eigenvalue weighted by Crippen LogP contribution is -2.45. The minimum Gasteiger partial charge on any atom is -0.374 e. The molecule has 5 heteroatoms. The summed E-state index contributed by atoms with van der Waals surface area (Å²) in [6.45, 7) is 0. The minimum absolute atomic E-state index is 0.120. The lowest BCUT2D eigenvalue weighted by Gasteiger charge is -2.26. The van der Waals surface area contributed by atoms with Crippen LogP contribution in [-0.2, 0) is 0 Å². The molecule has 0 spiro atoms. The van der Waals surface area contributed by atoms with Gasteiger partial charge in [0.25, 0.3) is 0 Å². The van der Waals surface area contributed by atoms with Gasteiger partial charge in [0.1, 0.15) is 12.0 Å². The van der Waals surface area contributed by atoms with Crippen molar-refractivity contribution in [3.8, 4) is 22.3 Å². The van der Waals surface area contributed by atoms with E-state index >= 15 is 0 Å². The topological polar surface area (TPSA) is 61.7 Å². The summed E-state index contributed by atoms with van der Waals surface area (Å²) in [5.41, 5.74) is 11.0. The van der Waals surface area contributed by atoms with Gasteiger partial charge in [-0.05, 0) is 85.3 Å². The maximum atomic E-state index is 5.24. The molecule has 3 heterocycles. The fraction of sp³-hybridized carbons (Fsp3) is 0.0408. The molecule has 2 N–H and O–H groups in total. The molecule has 1 aromatic heterocycles. The molecule has 2 atom stereocenters. The highest BCUT2D eigenvalue weighted by Gasteiger charge is 2.23. The van der Waals surface area contributed by atoms with Crippen LogP contribution in [0.25, 0.3) is 44.3 Å². The number of fused-ring (bicyclic) bond motifs is 3. The van der Waals surface area contributed by atoms with Crippen LogP contribution in [0.2, 0.25) is 0 Å². The first-order valence-electron chi connectivity index (χ1n) is 18.3. The van der Waals surface area contributed by atoms with Gasteiger partial charge in [-0.25, -0.2) is 9.98 Å². The number of aromatic nitrogens is 1. The van der Waals surface area contributed by atoms with E-state index in [9.17, 15) is 0 Å². The number of hydrogen-bond donors (Lipinski definition) is 2. The number of nitrogens with zero attached hydrogens (tertiary/aromatic N) is 3. The quantitative estimate of drug-likeness (QED) is 0.184. The summed E-state index contributed by atoms with van der Waals surface area (Å²) in [5, 5.41) is 12.2. The van der Waals surface area contributed by atoms with Gasteiger partial charge in [-0.15, -0.1) is 0 Å². The van der Waals surface area contributed by atoms with Crippen molar-refractivity contribution in [2.75, 3.05) is 0 Å². The molecule has 54 heavy (non-hydrogen) atoms. The molecule has 1 aliphatic carbocycles. The van der Waals surface area contributed by atoms with Crippen LogP contribution < -0.4 is 21.1 Å². The highest BCUT2D eigenvalue weighted by Crippen LogP contribution is 2.34. The summed E-state index contributed by atoms with van der Waals surface area (Å²) in [4.78, 5) is 14.8. The predicted octanol–water partition coefficient (Wildman–Crippen LogP) is 8.47. The van der Waals surface area contributed by atoms with Crippen molar-refractivity contribution < 1.29 is 0 Å². The van der Waals surface area contributed by atoms with E-state index in [0.29, 0.717) is 5.84 Å². The Kier molecular flexibility index (Phi) is 7.88. The van der Waals surface area contributed by atoms with Crippen LogP contribution in [0.4, 0.5) is 0 Å². The van der Waals surface area contributed by atoms with Crippen molar-refractivity contribution in [3.05, 3.63) is 221 Å². The van der Waals surface area contributed by atoms with Crippen molar-refractivity contribution in [1.82, 2.24) is 15.6 Å². The Labute approximate surface area is 313 Å². The summed E-state index contributed by atoms with van der Waals surface area (Å²) in [5.74, 6) is 1.50. The first-order chi connectivity index (χ1) is 26.7. The fourth-order valence-electron chi connectivity index (χ4n) is 7.66. The molecule has 0 saturated heterocycles. The van der Waals surface area contributed by atoms with Gasteiger partial charge in [-0.1, -0.05) is 146 Å². The number of benzene rings is 6. The van der Waals surface area contributed by atoms with Crippen LogP contribution in [0.3, 0.4) is 0 Å². The van der Waals surface area contributed by atoms with E-state index in [2.05, 4.69) is 155 Å². The summed E-state index contributed by atoms with van der Waals surface area (Å²) < 4.78 is 0. The molecule has 0 bridgehead atoms. The fourth-order valence-corrected chi connectivity index (χ4v) is 7.66. The summed E-state index contributed by atoms with van der Waals surface area (Å²) >= 11 is 0. The molecule has 6 aromatic carbocycles. The Bertz CT molecular complexity index is 2810. The Morgan fingerprint density at radius 1 is 0.500 bits per heavy atom. The molecular formula is C49H35N5. The van der Waals surface area contributed by atoms with Gasteiger partial charge < -0.3 is 10.6 Å². The van der Waals surface area contributed by atoms with Crippen LogP contribution in [0.5, 0.6) is 0 Å². The van der Waals surface area contributed by atoms with E-state index in [0.717, 1.165) is 61.3 Å². The molecule has 2 unspecified atom stereocenters. The molecular weight excluding hydrogens is 659 g/mol. The third-order valence-corrected chi connectivity index (χ3v) is 10.4. The zero-order valence-electron chi connectivity index (χ0n) is 29.4. The van der Waals surface area contributed by atoms with E-state index in [4.69, 9.17) is 9.98 Å². The average molecular weight is 694 g/mol. The van der Waals surface area contributed by atoms with Gasteiger partial charge in [0.2, 0.25) is 0 Å². The third kappa shape index (κ3) is 5.92. The van der Waals surface area contributed by atoms with E-state index in [1.165, 1.54) is 21.6 Å². The largest absolute Gasteiger partial charge is 0.374 e. The average Bonchev–Trinajstić information content (AvgIpc) is 3.26. The minimum atomic E-state index is -0.361. The Morgan fingerprint density at radius 2 is 1.20 bits per heavy atom. The summed E-state index contributed by atoms with van der Waals surface area (Å²) in [6, 6.07) is 53.7. The number of allylic oxidation sites excluding steroid dienone is 2. The van der Waals surface area contributed by atoms with E-state index in [1.54, 1.807) is 0 Å². The van der Waals surface area contributed by atoms with Crippen molar-refractivity contribution in [2.45, 2.75) is 12.2 Å². The number of nitrogens with one attached hydrogen (secondary N) is 2. The molecule has 0 saturated carbocycles. The predicted molar refractivity (Wildman–Crippen MR) is 221 cm³/mol. The highest BCUT2D eigenvalue weighted by molar-refractivity contribution is 6.13. The highest BCUT2D eigenvalue weighted by atomic mass is 15.2. The Balaban J connectivity index is 1.10. The van der Waals surface area contributed by atoms with Gasteiger partial charge >= 0.3 is 0 Å². The van der Waals surface area contributed by atoms with Crippen LogP contribution in [0, 0.1) is 0 Å². The normalized spacial score (nSPS) is 17.2. The molecule has 7 aromatic rings. The van der Waals surface area contributed by atoms with Crippen molar-refractivity contribution in [1.29, 1.82) is 0 Å². The molecule has 3 aliphatic rings. The van der Waals surface area contributed by atoms with Gasteiger partial charge in [0, 0.05) is 28.7 Å². The van der Waals surface area contributed by atoms with Crippen LogP contribution in [-0.4, -0.2) is 22.7 Å². The van der Waals surface area contributed by atoms with Crippen molar-refractivity contribution in [2.24, 2.45) is 9.98 Å². The zero-order valence-corrected chi connectivity index (χ0v) is 29.4.